The molecule has 2 aromatic carbocycles. The number of benzene rings is 2. The first kappa shape index (κ1) is 14.8. The first-order valence-electron chi connectivity index (χ1n) is 7.71. The molecule has 1 atom stereocenters. The quantitative estimate of drug-likeness (QED) is 0.788. The molecule has 1 aliphatic rings. The second kappa shape index (κ2) is 6.33. The van der Waals surface area contributed by atoms with E-state index in [-0.39, 0.29) is 0 Å². The molecule has 110 valence electrons. The van der Waals surface area contributed by atoms with E-state index in [0.29, 0.717) is 12.1 Å². The Bertz CT molecular complexity index is 616. The van der Waals surface area contributed by atoms with E-state index >= 15 is 0 Å². The molecule has 0 amide bonds. The lowest BCUT2D eigenvalue weighted by molar-refractivity contribution is 0.270. The van der Waals surface area contributed by atoms with Crippen molar-refractivity contribution in [1.29, 1.82) is 0 Å². The van der Waals surface area contributed by atoms with Gasteiger partial charge in [0.25, 0.3) is 0 Å². The Hall–Kier alpha value is -1.12. The maximum Gasteiger partial charge on any atom is 0.0305 e. The third-order valence-corrected chi connectivity index (χ3v) is 5.35. The van der Waals surface area contributed by atoms with E-state index in [1.54, 1.807) is 0 Å². The Kier molecular flexibility index (Phi) is 4.46. The second-order valence-corrected chi connectivity index (χ2v) is 6.99. The minimum atomic E-state index is 0.392. The molecule has 2 heteroatoms. The fourth-order valence-corrected chi connectivity index (χ4v) is 3.95. The van der Waals surface area contributed by atoms with Crippen LogP contribution in [0.25, 0.3) is 0 Å². The van der Waals surface area contributed by atoms with E-state index in [2.05, 4.69) is 83.6 Å². The molecule has 1 unspecified atom stereocenters. The molecular weight excluding hydrogens is 322 g/mol. The standard InChI is InChI=1S/C19H22BrN/c1-13-7-3-4-8-17(13)15-11-16(12-15)21-14(2)18-9-5-6-10-19(18)20/h3-10,14-16,21H,11-12H2,1-2H3. The first-order chi connectivity index (χ1) is 10.1. The summed E-state index contributed by atoms with van der Waals surface area (Å²) in [4.78, 5) is 0. The van der Waals surface area contributed by atoms with Gasteiger partial charge in [-0.3, -0.25) is 0 Å². The second-order valence-electron chi connectivity index (χ2n) is 6.13. The molecule has 0 heterocycles. The van der Waals surface area contributed by atoms with E-state index in [1.165, 1.54) is 34.0 Å². The molecule has 0 bridgehead atoms. The molecule has 21 heavy (non-hydrogen) atoms. The van der Waals surface area contributed by atoms with Crippen LogP contribution in [-0.4, -0.2) is 6.04 Å². The van der Waals surface area contributed by atoms with Gasteiger partial charge in [-0.15, -0.1) is 0 Å². The van der Waals surface area contributed by atoms with Gasteiger partial charge in [-0.05, 0) is 55.4 Å². The molecule has 0 saturated heterocycles. The van der Waals surface area contributed by atoms with Crippen molar-refractivity contribution in [3.8, 4) is 0 Å². The Morgan fingerprint density at radius 2 is 1.71 bits per heavy atom. The van der Waals surface area contributed by atoms with Crippen molar-refractivity contribution < 1.29 is 0 Å². The molecule has 0 radical (unpaired) electrons. The molecule has 3 rings (SSSR count). The Balaban J connectivity index is 1.58. The Morgan fingerprint density at radius 1 is 1.05 bits per heavy atom. The zero-order valence-corrected chi connectivity index (χ0v) is 14.2. The summed E-state index contributed by atoms with van der Waals surface area (Å²) >= 11 is 3.64. The average Bonchev–Trinajstić information content (AvgIpc) is 2.44. The number of hydrogen-bond donors (Lipinski definition) is 1. The summed E-state index contributed by atoms with van der Waals surface area (Å²) in [6, 6.07) is 18.3. The molecule has 1 fully saturated rings. The topological polar surface area (TPSA) is 12.0 Å². The number of nitrogens with one attached hydrogen (secondary N) is 1. The molecule has 0 aromatic heterocycles. The highest BCUT2D eigenvalue weighted by Gasteiger charge is 2.31. The van der Waals surface area contributed by atoms with Crippen molar-refractivity contribution in [2.75, 3.05) is 0 Å². The van der Waals surface area contributed by atoms with Crippen LogP contribution in [0.15, 0.2) is 53.0 Å². The summed E-state index contributed by atoms with van der Waals surface area (Å²) in [7, 11) is 0. The number of aryl methyl sites for hydroxylation is 1. The minimum Gasteiger partial charge on any atom is -0.307 e. The average molecular weight is 344 g/mol. The third kappa shape index (κ3) is 3.22. The zero-order valence-electron chi connectivity index (χ0n) is 12.6. The highest BCUT2D eigenvalue weighted by atomic mass is 79.9. The molecule has 1 aliphatic carbocycles. The van der Waals surface area contributed by atoms with Crippen molar-refractivity contribution in [3.05, 3.63) is 69.7 Å². The van der Waals surface area contributed by atoms with Crippen molar-refractivity contribution in [1.82, 2.24) is 5.32 Å². The summed E-state index contributed by atoms with van der Waals surface area (Å²) in [5.74, 6) is 0.732. The lowest BCUT2D eigenvalue weighted by Gasteiger charge is -2.39. The van der Waals surface area contributed by atoms with Crippen LogP contribution in [0.4, 0.5) is 0 Å². The van der Waals surface area contributed by atoms with E-state index in [4.69, 9.17) is 0 Å². The molecule has 1 N–H and O–H groups in total. The van der Waals surface area contributed by atoms with Gasteiger partial charge < -0.3 is 5.32 Å². The summed E-state index contributed by atoms with van der Waals surface area (Å²) in [6.45, 7) is 4.47. The predicted molar refractivity (Wildman–Crippen MR) is 92.6 cm³/mol. The van der Waals surface area contributed by atoms with Gasteiger partial charge in [0, 0.05) is 16.6 Å². The highest BCUT2D eigenvalue weighted by molar-refractivity contribution is 9.10. The van der Waals surface area contributed by atoms with E-state index in [9.17, 15) is 0 Å². The minimum absolute atomic E-state index is 0.392. The zero-order chi connectivity index (χ0) is 14.8. The van der Waals surface area contributed by atoms with Crippen LogP contribution in [0.2, 0.25) is 0 Å². The normalized spacial score (nSPS) is 22.6. The summed E-state index contributed by atoms with van der Waals surface area (Å²) < 4.78 is 1.19. The first-order valence-corrected chi connectivity index (χ1v) is 8.50. The van der Waals surface area contributed by atoms with Crippen molar-refractivity contribution in [2.24, 2.45) is 0 Å². The number of hydrogen-bond acceptors (Lipinski definition) is 1. The summed E-state index contributed by atoms with van der Waals surface area (Å²) in [6.07, 6.45) is 2.50. The number of rotatable bonds is 4. The molecule has 1 saturated carbocycles. The van der Waals surface area contributed by atoms with Gasteiger partial charge in [0.05, 0.1) is 0 Å². The molecule has 1 nitrogen and oxygen atoms in total. The lowest BCUT2D eigenvalue weighted by atomic mass is 9.74. The predicted octanol–water partition coefficient (Wildman–Crippen LogP) is 5.35. The largest absolute Gasteiger partial charge is 0.307 e. The third-order valence-electron chi connectivity index (χ3n) is 4.62. The smallest absolute Gasteiger partial charge is 0.0305 e. The molecule has 0 aliphatic heterocycles. The van der Waals surface area contributed by atoms with Gasteiger partial charge in [0.1, 0.15) is 0 Å². The monoisotopic (exact) mass is 343 g/mol. The van der Waals surface area contributed by atoms with Crippen LogP contribution in [0.1, 0.15) is 48.4 Å². The van der Waals surface area contributed by atoms with Crippen LogP contribution < -0.4 is 5.32 Å². The Labute approximate surface area is 135 Å². The fraction of sp³-hybridized carbons (Fsp3) is 0.368. The Morgan fingerprint density at radius 3 is 2.43 bits per heavy atom. The molecular formula is C19H22BrN. The number of halogens is 1. The SMILES string of the molecule is Cc1ccccc1C1CC(NC(C)c2ccccc2Br)C1. The highest BCUT2D eigenvalue weighted by Crippen LogP contribution is 2.39. The van der Waals surface area contributed by atoms with E-state index in [1.807, 2.05) is 0 Å². The van der Waals surface area contributed by atoms with Crippen LogP contribution in [0, 0.1) is 6.92 Å². The maximum atomic E-state index is 3.76. The molecule has 0 spiro atoms. The van der Waals surface area contributed by atoms with E-state index in [0.717, 1.165) is 5.92 Å². The van der Waals surface area contributed by atoms with Gasteiger partial charge >= 0.3 is 0 Å². The van der Waals surface area contributed by atoms with Crippen LogP contribution >= 0.6 is 15.9 Å². The van der Waals surface area contributed by atoms with Gasteiger partial charge in [0.15, 0.2) is 0 Å². The van der Waals surface area contributed by atoms with Crippen molar-refractivity contribution in [2.45, 2.75) is 44.7 Å². The fourth-order valence-electron chi connectivity index (χ4n) is 3.32. The summed E-state index contributed by atoms with van der Waals surface area (Å²) in [5, 5.41) is 3.76. The van der Waals surface area contributed by atoms with Gasteiger partial charge in [0.2, 0.25) is 0 Å². The van der Waals surface area contributed by atoms with Crippen LogP contribution in [0.5, 0.6) is 0 Å². The van der Waals surface area contributed by atoms with Crippen molar-refractivity contribution >= 4 is 15.9 Å². The molecule has 2 aromatic rings. The van der Waals surface area contributed by atoms with Gasteiger partial charge in [-0.25, -0.2) is 0 Å². The van der Waals surface area contributed by atoms with Crippen molar-refractivity contribution in [3.63, 3.8) is 0 Å². The lowest BCUT2D eigenvalue weighted by Crippen LogP contribution is -2.41. The summed E-state index contributed by atoms with van der Waals surface area (Å²) in [5.41, 5.74) is 4.31. The van der Waals surface area contributed by atoms with Crippen LogP contribution in [-0.2, 0) is 0 Å². The van der Waals surface area contributed by atoms with Gasteiger partial charge in [-0.1, -0.05) is 58.4 Å². The van der Waals surface area contributed by atoms with Gasteiger partial charge in [-0.2, -0.15) is 0 Å². The van der Waals surface area contributed by atoms with E-state index < -0.39 is 0 Å². The maximum absolute atomic E-state index is 3.76. The van der Waals surface area contributed by atoms with Crippen LogP contribution in [0.3, 0.4) is 0 Å².